The largest absolute Gasteiger partial charge is 0.370 e. The summed E-state index contributed by atoms with van der Waals surface area (Å²) in [5.74, 6) is 0.926. The second kappa shape index (κ2) is 4.58. The van der Waals surface area contributed by atoms with E-state index in [1.54, 1.807) is 0 Å². The van der Waals surface area contributed by atoms with E-state index in [1.807, 2.05) is 18.4 Å². The molecule has 2 aromatic heterocycles. The molecule has 0 aromatic carbocycles. The highest BCUT2D eigenvalue weighted by Crippen LogP contribution is 2.25. The van der Waals surface area contributed by atoms with E-state index < -0.39 is 9.84 Å². The summed E-state index contributed by atoms with van der Waals surface area (Å²) in [7, 11) is -3.11. The summed E-state index contributed by atoms with van der Waals surface area (Å²) in [6, 6.07) is 1.93. The number of hydrogen-bond donors (Lipinski definition) is 1. The van der Waals surface area contributed by atoms with Crippen LogP contribution in [0.15, 0.2) is 11.4 Å². The van der Waals surface area contributed by atoms with Crippen molar-refractivity contribution >= 4 is 37.2 Å². The molecule has 0 spiro atoms. The summed E-state index contributed by atoms with van der Waals surface area (Å²) in [4.78, 5) is 9.32. The Morgan fingerprint density at radius 2 is 2.18 bits per heavy atom. The van der Waals surface area contributed by atoms with E-state index in [4.69, 9.17) is 0 Å². The summed E-state index contributed by atoms with van der Waals surface area (Å²) >= 11 is 1.48. The molecular formula is C10H13N3O2S2. The third-order valence-electron chi connectivity index (χ3n) is 2.11. The molecule has 2 rings (SSSR count). The van der Waals surface area contributed by atoms with Crippen LogP contribution in [0.25, 0.3) is 10.2 Å². The van der Waals surface area contributed by atoms with Crippen molar-refractivity contribution < 1.29 is 8.42 Å². The standard InChI is InChI=1S/C10H13N3O2S2/c1-3-11-9-7-4-5-16-10(7)13-8(12-9)6-17(2,14)15/h4-5H,3,6H2,1-2H3,(H,11,12,13). The Bertz CT molecular complexity index is 634. The van der Waals surface area contributed by atoms with E-state index in [0.29, 0.717) is 11.6 Å². The van der Waals surface area contributed by atoms with Crippen molar-refractivity contribution in [3.63, 3.8) is 0 Å². The van der Waals surface area contributed by atoms with Crippen LogP contribution in [-0.2, 0) is 15.6 Å². The maximum absolute atomic E-state index is 11.2. The van der Waals surface area contributed by atoms with Crippen molar-refractivity contribution in [3.05, 3.63) is 17.3 Å². The average molecular weight is 271 g/mol. The summed E-state index contributed by atoms with van der Waals surface area (Å²) < 4.78 is 22.5. The number of nitrogens with zero attached hydrogens (tertiary/aromatic N) is 2. The Morgan fingerprint density at radius 1 is 1.41 bits per heavy atom. The number of hydrogen-bond acceptors (Lipinski definition) is 6. The number of rotatable bonds is 4. The van der Waals surface area contributed by atoms with E-state index in [-0.39, 0.29) is 5.75 Å². The fraction of sp³-hybridized carbons (Fsp3) is 0.400. The monoisotopic (exact) mass is 271 g/mol. The predicted octanol–water partition coefficient (Wildman–Crippen LogP) is 1.67. The molecule has 17 heavy (non-hydrogen) atoms. The van der Waals surface area contributed by atoms with Crippen LogP contribution in [-0.4, -0.2) is 31.2 Å². The molecule has 0 aliphatic carbocycles. The third kappa shape index (κ3) is 2.92. The highest BCUT2D eigenvalue weighted by Gasteiger charge is 2.12. The fourth-order valence-corrected chi connectivity index (χ4v) is 2.88. The molecule has 0 unspecified atom stereocenters. The first-order valence-electron chi connectivity index (χ1n) is 5.15. The van der Waals surface area contributed by atoms with E-state index in [2.05, 4.69) is 15.3 Å². The van der Waals surface area contributed by atoms with E-state index >= 15 is 0 Å². The minimum atomic E-state index is -3.11. The number of nitrogens with one attached hydrogen (secondary N) is 1. The van der Waals surface area contributed by atoms with Gasteiger partial charge in [0.2, 0.25) is 0 Å². The minimum absolute atomic E-state index is 0.126. The lowest BCUT2D eigenvalue weighted by molar-refractivity contribution is 0.600. The molecule has 0 saturated carbocycles. The van der Waals surface area contributed by atoms with Crippen LogP contribution in [0.5, 0.6) is 0 Å². The molecule has 0 bridgehead atoms. The number of anilines is 1. The van der Waals surface area contributed by atoms with Crippen LogP contribution in [0.1, 0.15) is 12.7 Å². The molecule has 0 aliphatic rings. The third-order valence-corrected chi connectivity index (χ3v) is 3.70. The summed E-state index contributed by atoms with van der Waals surface area (Å²) in [6.07, 6.45) is 1.18. The van der Waals surface area contributed by atoms with Crippen molar-refractivity contribution in [2.75, 3.05) is 18.1 Å². The Balaban J connectivity index is 2.51. The van der Waals surface area contributed by atoms with Gasteiger partial charge in [0.15, 0.2) is 9.84 Å². The summed E-state index contributed by atoms with van der Waals surface area (Å²) in [5.41, 5.74) is 0. The van der Waals surface area contributed by atoms with Crippen LogP contribution < -0.4 is 5.32 Å². The average Bonchev–Trinajstić information content (AvgIpc) is 2.63. The number of sulfone groups is 1. The van der Waals surface area contributed by atoms with E-state index in [9.17, 15) is 8.42 Å². The number of aromatic nitrogens is 2. The van der Waals surface area contributed by atoms with Gasteiger partial charge in [0.25, 0.3) is 0 Å². The van der Waals surface area contributed by atoms with Gasteiger partial charge in [-0.1, -0.05) is 0 Å². The van der Waals surface area contributed by atoms with Crippen molar-refractivity contribution in [1.29, 1.82) is 0 Å². The first-order chi connectivity index (χ1) is 7.99. The highest BCUT2D eigenvalue weighted by molar-refractivity contribution is 7.89. The van der Waals surface area contributed by atoms with Gasteiger partial charge in [-0.15, -0.1) is 11.3 Å². The molecular weight excluding hydrogens is 258 g/mol. The zero-order chi connectivity index (χ0) is 12.5. The van der Waals surface area contributed by atoms with Gasteiger partial charge in [0, 0.05) is 12.8 Å². The molecule has 0 amide bonds. The molecule has 2 aromatic rings. The molecule has 0 atom stereocenters. The van der Waals surface area contributed by atoms with Crippen molar-refractivity contribution in [2.45, 2.75) is 12.7 Å². The van der Waals surface area contributed by atoms with Crippen molar-refractivity contribution in [2.24, 2.45) is 0 Å². The quantitative estimate of drug-likeness (QED) is 0.915. The predicted molar refractivity (Wildman–Crippen MR) is 70.1 cm³/mol. The molecule has 0 saturated heterocycles. The van der Waals surface area contributed by atoms with Gasteiger partial charge in [-0.05, 0) is 18.4 Å². The highest BCUT2D eigenvalue weighted by atomic mass is 32.2. The van der Waals surface area contributed by atoms with Gasteiger partial charge in [0.1, 0.15) is 22.2 Å². The topological polar surface area (TPSA) is 72.0 Å². The minimum Gasteiger partial charge on any atom is -0.370 e. The van der Waals surface area contributed by atoms with Gasteiger partial charge >= 0.3 is 0 Å². The molecule has 5 nitrogen and oxygen atoms in total. The van der Waals surface area contributed by atoms with Crippen LogP contribution in [0.2, 0.25) is 0 Å². The first-order valence-corrected chi connectivity index (χ1v) is 8.09. The lowest BCUT2D eigenvalue weighted by atomic mass is 10.3. The zero-order valence-corrected chi connectivity index (χ0v) is 11.2. The normalized spacial score (nSPS) is 11.9. The number of fused-ring (bicyclic) bond motifs is 1. The molecule has 0 radical (unpaired) electrons. The Kier molecular flexibility index (Phi) is 3.30. The van der Waals surface area contributed by atoms with Gasteiger partial charge in [-0.3, -0.25) is 0 Å². The Hall–Kier alpha value is -1.21. The van der Waals surface area contributed by atoms with E-state index in [1.165, 1.54) is 17.6 Å². The Morgan fingerprint density at radius 3 is 2.82 bits per heavy atom. The first kappa shape index (κ1) is 12.3. The summed E-state index contributed by atoms with van der Waals surface area (Å²) in [6.45, 7) is 2.71. The van der Waals surface area contributed by atoms with Crippen LogP contribution in [0, 0.1) is 0 Å². The molecule has 7 heteroatoms. The fourth-order valence-electron chi connectivity index (χ4n) is 1.50. The lowest BCUT2D eigenvalue weighted by Crippen LogP contribution is -2.08. The van der Waals surface area contributed by atoms with Crippen molar-refractivity contribution in [1.82, 2.24) is 9.97 Å². The van der Waals surface area contributed by atoms with Gasteiger partial charge in [-0.25, -0.2) is 18.4 Å². The SMILES string of the molecule is CCNc1nc(CS(C)(=O)=O)nc2sccc12. The van der Waals surface area contributed by atoms with Gasteiger partial charge in [-0.2, -0.15) is 0 Å². The second-order valence-electron chi connectivity index (χ2n) is 3.73. The smallest absolute Gasteiger partial charge is 0.154 e. The maximum Gasteiger partial charge on any atom is 0.154 e. The molecule has 1 N–H and O–H groups in total. The van der Waals surface area contributed by atoms with Crippen LogP contribution in [0.3, 0.4) is 0 Å². The molecule has 92 valence electrons. The van der Waals surface area contributed by atoms with Gasteiger partial charge < -0.3 is 5.32 Å². The maximum atomic E-state index is 11.2. The summed E-state index contributed by atoms with van der Waals surface area (Å²) in [5, 5.41) is 5.98. The second-order valence-corrected chi connectivity index (χ2v) is 6.76. The van der Waals surface area contributed by atoms with Crippen molar-refractivity contribution in [3.8, 4) is 0 Å². The Labute approximate surface area is 104 Å². The molecule has 0 fully saturated rings. The van der Waals surface area contributed by atoms with E-state index in [0.717, 1.165) is 16.8 Å². The molecule has 0 aliphatic heterocycles. The lowest BCUT2D eigenvalue weighted by Gasteiger charge is -2.06. The van der Waals surface area contributed by atoms with Crippen LogP contribution in [0.4, 0.5) is 5.82 Å². The zero-order valence-electron chi connectivity index (χ0n) is 9.60. The van der Waals surface area contributed by atoms with Gasteiger partial charge in [0.05, 0.1) is 5.39 Å². The van der Waals surface area contributed by atoms with Crippen LogP contribution >= 0.6 is 11.3 Å². The number of thiophene rings is 1. The molecule has 2 heterocycles.